The van der Waals surface area contributed by atoms with Crippen molar-refractivity contribution in [3.05, 3.63) is 109 Å². The molecule has 0 spiro atoms. The predicted octanol–water partition coefficient (Wildman–Crippen LogP) is 5.61. The first-order valence-electron chi connectivity index (χ1n) is 14.7. The Hall–Kier alpha value is -4.42. The normalized spacial score (nSPS) is 27.7. The molecule has 12 heteroatoms. The number of nitro benzene ring substituents is 1. The number of carbonyl (C=O) groups excluding carboxylic acids is 2. The molecule has 6 unspecified atom stereocenters. The van der Waals surface area contributed by atoms with Crippen LogP contribution in [0.15, 0.2) is 82.6 Å². The maximum Gasteiger partial charge on any atom is 0.305 e. The number of hydrogen-bond donors (Lipinski definition) is 1. The summed E-state index contributed by atoms with van der Waals surface area (Å²) < 4.78 is 11.9. The number of rotatable bonds is 7. The molecule has 3 fully saturated rings. The highest BCUT2D eigenvalue weighted by molar-refractivity contribution is 8.00. The van der Waals surface area contributed by atoms with E-state index in [-0.39, 0.29) is 51.3 Å². The van der Waals surface area contributed by atoms with Crippen molar-refractivity contribution in [3.63, 3.8) is 0 Å². The summed E-state index contributed by atoms with van der Waals surface area (Å²) in [7, 11) is 1.60. The number of amides is 2. The van der Waals surface area contributed by atoms with Crippen molar-refractivity contribution in [3.8, 4) is 11.5 Å². The number of thiazole rings is 1. The first kappa shape index (κ1) is 28.1. The van der Waals surface area contributed by atoms with Crippen LogP contribution in [0, 0.1) is 39.7 Å². The average Bonchev–Trinajstić information content (AvgIpc) is 3.79. The summed E-state index contributed by atoms with van der Waals surface area (Å²) in [6.07, 6.45) is 0.758. The van der Waals surface area contributed by atoms with E-state index in [9.17, 15) is 24.5 Å². The molecule has 2 amide bonds. The van der Waals surface area contributed by atoms with Crippen molar-refractivity contribution in [2.24, 2.45) is 29.6 Å². The Morgan fingerprint density at radius 1 is 0.956 bits per heavy atom. The van der Waals surface area contributed by atoms with E-state index in [0.29, 0.717) is 23.8 Å². The molecule has 3 heterocycles. The van der Waals surface area contributed by atoms with Crippen LogP contribution in [-0.4, -0.2) is 34.1 Å². The van der Waals surface area contributed by atoms with Crippen LogP contribution < -0.4 is 19.2 Å². The summed E-state index contributed by atoms with van der Waals surface area (Å²) in [6, 6.07) is 21.3. The maximum absolute atomic E-state index is 14.0. The maximum atomic E-state index is 14.0. The lowest BCUT2D eigenvalue weighted by Gasteiger charge is -2.43. The molecule has 10 nitrogen and oxygen atoms in total. The van der Waals surface area contributed by atoms with Crippen LogP contribution in [0.1, 0.15) is 28.3 Å². The molecular weight excluding hydrogens is 615 g/mol. The van der Waals surface area contributed by atoms with Gasteiger partial charge in [-0.25, -0.2) is 0 Å². The highest BCUT2D eigenvalue weighted by atomic mass is 32.2. The summed E-state index contributed by atoms with van der Waals surface area (Å²) in [6.45, 7) is 0.388. The first-order valence-corrected chi connectivity index (χ1v) is 16.4. The van der Waals surface area contributed by atoms with E-state index in [2.05, 4.69) is 4.98 Å². The van der Waals surface area contributed by atoms with Crippen LogP contribution >= 0.6 is 23.1 Å². The van der Waals surface area contributed by atoms with Gasteiger partial charge >= 0.3 is 4.87 Å². The van der Waals surface area contributed by atoms with Gasteiger partial charge in [0.05, 0.1) is 34.6 Å². The molecule has 2 aliphatic carbocycles. The van der Waals surface area contributed by atoms with Crippen molar-refractivity contribution in [1.82, 2.24) is 4.98 Å². The fraction of sp³-hybridized carbons (Fsp3) is 0.303. The number of methoxy groups -OCH3 is 1. The largest absolute Gasteiger partial charge is 0.493 e. The number of nitrogens with one attached hydrogen (secondary N) is 1. The number of nitro groups is 1. The number of fused-ring (bicyclic) bond motifs is 9. The van der Waals surface area contributed by atoms with Gasteiger partial charge in [-0.1, -0.05) is 47.7 Å². The van der Waals surface area contributed by atoms with Gasteiger partial charge in [-0.05, 0) is 59.6 Å². The van der Waals surface area contributed by atoms with Crippen LogP contribution in [0.3, 0.4) is 0 Å². The molecule has 0 radical (unpaired) electrons. The zero-order valence-electron chi connectivity index (χ0n) is 24.0. The highest BCUT2D eigenvalue weighted by Crippen LogP contribution is 2.68. The second kappa shape index (κ2) is 10.6. The SMILES string of the molecule is COc1cc([C@H]2c3sc(=O)[nH]c3SC3C4CC(C5C(=O)N(c6ccc([N+](=O)[O-])cc6)C(=O)C45)C32)ccc1OCc1ccccc1. The van der Waals surface area contributed by atoms with E-state index >= 15 is 0 Å². The van der Waals surface area contributed by atoms with Crippen LogP contribution in [0.5, 0.6) is 11.5 Å². The lowest BCUT2D eigenvalue weighted by molar-refractivity contribution is -0.384. The number of aromatic amines is 1. The van der Waals surface area contributed by atoms with Crippen LogP contribution in [0.2, 0.25) is 0 Å². The van der Waals surface area contributed by atoms with Gasteiger partial charge < -0.3 is 14.5 Å². The summed E-state index contributed by atoms with van der Waals surface area (Å²) in [5.74, 6) is -0.475. The molecule has 8 rings (SSSR count). The number of aromatic nitrogens is 1. The number of anilines is 1. The van der Waals surface area contributed by atoms with Gasteiger partial charge in [0.2, 0.25) is 11.8 Å². The Bertz CT molecular complexity index is 1910. The molecule has 7 atom stereocenters. The van der Waals surface area contributed by atoms with E-state index in [4.69, 9.17) is 9.47 Å². The number of benzene rings is 3. The van der Waals surface area contributed by atoms with Crippen molar-refractivity contribution < 1.29 is 24.0 Å². The Kier molecular flexibility index (Phi) is 6.61. The van der Waals surface area contributed by atoms with Crippen LogP contribution in [0.25, 0.3) is 0 Å². The minimum absolute atomic E-state index is 0.0227. The van der Waals surface area contributed by atoms with Crippen molar-refractivity contribution in [2.45, 2.75) is 29.2 Å². The Balaban J connectivity index is 1.14. The minimum Gasteiger partial charge on any atom is -0.493 e. The van der Waals surface area contributed by atoms with Gasteiger partial charge in [-0.15, -0.1) is 11.8 Å². The lowest BCUT2D eigenvalue weighted by atomic mass is 9.68. The lowest BCUT2D eigenvalue weighted by Crippen LogP contribution is -2.42. The molecule has 45 heavy (non-hydrogen) atoms. The number of non-ortho nitro benzene ring substituents is 1. The number of carbonyl (C=O) groups is 2. The quantitative estimate of drug-likeness (QED) is 0.157. The molecule has 2 bridgehead atoms. The molecule has 1 N–H and O–H groups in total. The van der Waals surface area contributed by atoms with E-state index in [1.807, 2.05) is 48.5 Å². The predicted molar refractivity (Wildman–Crippen MR) is 168 cm³/mol. The van der Waals surface area contributed by atoms with E-state index < -0.39 is 16.8 Å². The first-order chi connectivity index (χ1) is 21.8. The zero-order valence-corrected chi connectivity index (χ0v) is 25.6. The third kappa shape index (κ3) is 4.33. The fourth-order valence-electron chi connectivity index (χ4n) is 8.10. The molecule has 1 saturated heterocycles. The Morgan fingerprint density at radius 3 is 2.40 bits per heavy atom. The summed E-state index contributed by atoms with van der Waals surface area (Å²) in [4.78, 5) is 56.2. The molecule has 4 aromatic rings. The molecule has 1 aromatic heterocycles. The topological polar surface area (TPSA) is 132 Å². The summed E-state index contributed by atoms with van der Waals surface area (Å²) in [5, 5.41) is 12.0. The van der Waals surface area contributed by atoms with Gasteiger partial charge in [-0.3, -0.25) is 29.4 Å². The number of nitrogens with zero attached hydrogens (tertiary/aromatic N) is 2. The zero-order chi connectivity index (χ0) is 31.0. The van der Waals surface area contributed by atoms with E-state index in [0.717, 1.165) is 27.5 Å². The number of H-pyrrole nitrogens is 1. The number of hydrogen-bond acceptors (Lipinski definition) is 9. The third-order valence-corrected chi connectivity index (χ3v) is 12.4. The van der Waals surface area contributed by atoms with Crippen LogP contribution in [0.4, 0.5) is 11.4 Å². The molecule has 3 aromatic carbocycles. The monoisotopic (exact) mass is 641 g/mol. The third-order valence-electron chi connectivity index (χ3n) is 9.83. The highest BCUT2D eigenvalue weighted by Gasteiger charge is 2.69. The molecular formula is C33H27N3O7S2. The Labute approximate surface area is 265 Å². The molecule has 228 valence electrons. The minimum atomic E-state index is -0.506. The van der Waals surface area contributed by atoms with Crippen molar-refractivity contribution in [1.29, 1.82) is 0 Å². The molecule has 4 aliphatic rings. The van der Waals surface area contributed by atoms with Gasteiger partial charge in [0.15, 0.2) is 11.5 Å². The molecule has 2 saturated carbocycles. The standard InChI is InChI=1S/C33H27N3O7S2/c1-42-23-13-17(7-12-22(23)43-15-16-5-3-2-4-6-16)24-25-20-14-21(28(25)44-30-29(24)45-33(39)34-30)27-26(20)31(37)35(32(27)38)18-8-10-19(11-9-18)36(40)41/h2-13,20-21,24-28H,14-15H2,1H3,(H,34,39)/t20?,21?,24-,25?,26?,27?,28?/m1/s1. The van der Waals surface area contributed by atoms with E-state index in [1.165, 1.54) is 40.5 Å². The van der Waals surface area contributed by atoms with E-state index in [1.54, 1.807) is 18.9 Å². The summed E-state index contributed by atoms with van der Waals surface area (Å²) >= 11 is 2.83. The number of thioether (sulfide) groups is 1. The average molecular weight is 642 g/mol. The van der Waals surface area contributed by atoms with Gasteiger partial charge in [-0.2, -0.15) is 0 Å². The Morgan fingerprint density at radius 2 is 1.69 bits per heavy atom. The van der Waals surface area contributed by atoms with Gasteiger partial charge in [0.1, 0.15) is 6.61 Å². The van der Waals surface area contributed by atoms with Gasteiger partial charge in [0.25, 0.3) is 5.69 Å². The van der Waals surface area contributed by atoms with Crippen molar-refractivity contribution >= 4 is 46.3 Å². The fourth-order valence-corrected chi connectivity index (χ4v) is 11.0. The second-order valence-corrected chi connectivity index (χ2v) is 14.1. The smallest absolute Gasteiger partial charge is 0.305 e. The van der Waals surface area contributed by atoms with Crippen molar-refractivity contribution in [2.75, 3.05) is 12.0 Å². The second-order valence-electron chi connectivity index (χ2n) is 11.9. The van der Waals surface area contributed by atoms with Crippen LogP contribution in [-0.2, 0) is 16.2 Å². The van der Waals surface area contributed by atoms with Gasteiger partial charge in [0, 0.05) is 28.2 Å². The number of imide groups is 1. The molecule has 2 aliphatic heterocycles. The summed E-state index contributed by atoms with van der Waals surface area (Å²) in [5.41, 5.74) is 2.26. The number of ether oxygens (including phenoxy) is 2.